The number of hydrogen-bond donors (Lipinski definition) is 0. The Balaban J connectivity index is 2.35. The minimum Gasteiger partial charge on any atom is -0.300 e. The second kappa shape index (κ2) is 2.96. The van der Waals surface area contributed by atoms with Crippen LogP contribution in [0.15, 0.2) is 0 Å². The Morgan fingerprint density at radius 2 is 2.09 bits per heavy atom. The lowest BCUT2D eigenvalue weighted by Crippen LogP contribution is -2.12. The van der Waals surface area contributed by atoms with Crippen LogP contribution in [0.4, 0.5) is 0 Å². The monoisotopic (exact) mass is 154 g/mol. The average molecular weight is 154 g/mol. The third-order valence-electron chi connectivity index (χ3n) is 3.14. The van der Waals surface area contributed by atoms with E-state index in [1.165, 1.54) is 19.3 Å². The molecular formula is C10H18O. The highest BCUT2D eigenvalue weighted by Crippen LogP contribution is 2.53. The Bertz CT molecular complexity index is 156. The number of hydrogen-bond acceptors (Lipinski definition) is 1. The number of Topliss-reactive ketones (excluding diaryl/α,β-unsaturated/α-hetero) is 1. The van der Waals surface area contributed by atoms with Crippen molar-refractivity contribution in [2.24, 2.45) is 11.3 Å². The maximum atomic E-state index is 11.0. The van der Waals surface area contributed by atoms with Gasteiger partial charge in [0, 0.05) is 5.92 Å². The predicted molar refractivity (Wildman–Crippen MR) is 46.4 cm³/mol. The molecule has 1 saturated carbocycles. The smallest absolute Gasteiger partial charge is 0.132 e. The Labute approximate surface area is 69.2 Å². The summed E-state index contributed by atoms with van der Waals surface area (Å²) in [5.74, 6) is 0.641. The normalized spacial score (nSPS) is 22.8. The van der Waals surface area contributed by atoms with Crippen LogP contribution in [0.2, 0.25) is 0 Å². The lowest BCUT2D eigenvalue weighted by atomic mass is 9.89. The molecule has 0 aliphatic heterocycles. The van der Waals surface area contributed by atoms with E-state index in [1.807, 2.05) is 0 Å². The molecule has 11 heavy (non-hydrogen) atoms. The Morgan fingerprint density at radius 1 is 1.55 bits per heavy atom. The maximum absolute atomic E-state index is 11.0. The summed E-state index contributed by atoms with van der Waals surface area (Å²) in [6.45, 7) is 5.99. The minimum absolute atomic E-state index is 0.289. The minimum atomic E-state index is 0.289. The van der Waals surface area contributed by atoms with Gasteiger partial charge in [-0.2, -0.15) is 0 Å². The molecule has 0 aromatic heterocycles. The summed E-state index contributed by atoms with van der Waals surface area (Å²) in [6.07, 6.45) is 5.08. The van der Waals surface area contributed by atoms with Gasteiger partial charge in [-0.3, -0.25) is 4.79 Å². The van der Waals surface area contributed by atoms with Crippen molar-refractivity contribution >= 4 is 5.78 Å². The molecule has 0 aromatic carbocycles. The first-order valence-electron chi connectivity index (χ1n) is 4.60. The molecule has 1 rings (SSSR count). The van der Waals surface area contributed by atoms with E-state index < -0.39 is 0 Å². The van der Waals surface area contributed by atoms with E-state index in [0.29, 0.717) is 11.2 Å². The molecule has 1 atom stereocenters. The van der Waals surface area contributed by atoms with Crippen LogP contribution >= 0.6 is 0 Å². The number of carbonyl (C=O) groups excluding carboxylic acids is 1. The van der Waals surface area contributed by atoms with Gasteiger partial charge in [0.25, 0.3) is 0 Å². The highest BCUT2D eigenvalue weighted by atomic mass is 16.1. The Morgan fingerprint density at radius 3 is 2.36 bits per heavy atom. The molecule has 1 aliphatic carbocycles. The van der Waals surface area contributed by atoms with Crippen molar-refractivity contribution in [1.82, 2.24) is 0 Å². The molecule has 0 bridgehead atoms. The topological polar surface area (TPSA) is 17.1 Å². The van der Waals surface area contributed by atoms with E-state index in [2.05, 4.69) is 13.8 Å². The van der Waals surface area contributed by atoms with Crippen LogP contribution in [0, 0.1) is 11.3 Å². The Kier molecular flexibility index (Phi) is 2.36. The number of ketones is 1. The zero-order valence-corrected chi connectivity index (χ0v) is 7.81. The van der Waals surface area contributed by atoms with E-state index in [4.69, 9.17) is 0 Å². The van der Waals surface area contributed by atoms with E-state index in [9.17, 15) is 4.79 Å². The summed E-state index contributed by atoms with van der Waals surface area (Å²) in [6, 6.07) is 0. The molecule has 0 amide bonds. The quantitative estimate of drug-likeness (QED) is 0.608. The van der Waals surface area contributed by atoms with Crippen LogP contribution in [-0.2, 0) is 4.79 Å². The van der Waals surface area contributed by atoms with Crippen LogP contribution in [0.5, 0.6) is 0 Å². The third kappa shape index (κ3) is 2.05. The lowest BCUT2D eigenvalue weighted by Gasteiger charge is -2.15. The summed E-state index contributed by atoms with van der Waals surface area (Å²) in [5.41, 5.74) is 0.574. The van der Waals surface area contributed by atoms with Crippen LogP contribution < -0.4 is 0 Å². The first-order chi connectivity index (χ1) is 5.09. The van der Waals surface area contributed by atoms with Crippen molar-refractivity contribution in [3.05, 3.63) is 0 Å². The molecule has 1 aliphatic rings. The van der Waals surface area contributed by atoms with Crippen molar-refractivity contribution in [1.29, 1.82) is 0 Å². The molecule has 0 heterocycles. The summed E-state index contributed by atoms with van der Waals surface area (Å²) in [5, 5.41) is 0. The molecule has 1 nitrogen and oxygen atoms in total. The van der Waals surface area contributed by atoms with Crippen molar-refractivity contribution in [3.63, 3.8) is 0 Å². The van der Waals surface area contributed by atoms with Crippen molar-refractivity contribution in [3.8, 4) is 0 Å². The highest BCUT2D eigenvalue weighted by Gasteiger charge is 2.41. The van der Waals surface area contributed by atoms with Crippen LogP contribution in [0.1, 0.15) is 46.5 Å². The highest BCUT2D eigenvalue weighted by molar-refractivity contribution is 5.77. The second-order valence-electron chi connectivity index (χ2n) is 4.07. The SMILES string of the molecule is CCC1(CC(C)C(C)=O)CC1. The standard InChI is InChI=1S/C10H18O/c1-4-10(5-6-10)7-8(2)9(3)11/h8H,4-7H2,1-3H3. The molecule has 1 fully saturated rings. The largest absolute Gasteiger partial charge is 0.300 e. The molecule has 0 radical (unpaired) electrons. The maximum Gasteiger partial charge on any atom is 0.132 e. The van der Waals surface area contributed by atoms with E-state index >= 15 is 0 Å². The average Bonchev–Trinajstić information content (AvgIpc) is 2.69. The molecule has 0 saturated heterocycles. The summed E-state index contributed by atoms with van der Waals surface area (Å²) >= 11 is 0. The molecule has 0 aromatic rings. The Hall–Kier alpha value is -0.330. The molecule has 0 N–H and O–H groups in total. The second-order valence-corrected chi connectivity index (χ2v) is 4.07. The molecule has 1 unspecified atom stereocenters. The number of rotatable bonds is 4. The summed E-state index contributed by atoms with van der Waals surface area (Å²) in [4.78, 5) is 11.0. The van der Waals surface area contributed by atoms with Gasteiger partial charge < -0.3 is 0 Å². The van der Waals surface area contributed by atoms with Gasteiger partial charge >= 0.3 is 0 Å². The fraction of sp³-hybridized carbons (Fsp3) is 0.900. The van der Waals surface area contributed by atoms with Gasteiger partial charge in [0.2, 0.25) is 0 Å². The van der Waals surface area contributed by atoms with E-state index in [0.717, 1.165) is 6.42 Å². The molecule has 0 spiro atoms. The fourth-order valence-electron chi connectivity index (χ4n) is 1.67. The first-order valence-corrected chi connectivity index (χ1v) is 4.60. The van der Waals surface area contributed by atoms with Crippen LogP contribution in [-0.4, -0.2) is 5.78 Å². The fourth-order valence-corrected chi connectivity index (χ4v) is 1.67. The third-order valence-corrected chi connectivity index (χ3v) is 3.14. The van der Waals surface area contributed by atoms with Gasteiger partial charge in [-0.1, -0.05) is 20.3 Å². The van der Waals surface area contributed by atoms with Crippen molar-refractivity contribution in [2.75, 3.05) is 0 Å². The van der Waals surface area contributed by atoms with Gasteiger partial charge in [-0.15, -0.1) is 0 Å². The van der Waals surface area contributed by atoms with Crippen molar-refractivity contribution < 1.29 is 4.79 Å². The molecule has 64 valence electrons. The van der Waals surface area contributed by atoms with Crippen molar-refractivity contribution in [2.45, 2.75) is 46.5 Å². The molecule has 1 heteroatoms. The van der Waals surface area contributed by atoms with E-state index in [1.54, 1.807) is 6.92 Å². The zero-order valence-electron chi connectivity index (χ0n) is 7.81. The lowest BCUT2D eigenvalue weighted by molar-refractivity contribution is -0.120. The van der Waals surface area contributed by atoms with Crippen LogP contribution in [0.3, 0.4) is 0 Å². The summed E-state index contributed by atoms with van der Waals surface area (Å²) < 4.78 is 0. The van der Waals surface area contributed by atoms with Gasteiger partial charge in [-0.25, -0.2) is 0 Å². The zero-order chi connectivity index (χ0) is 8.48. The van der Waals surface area contributed by atoms with Gasteiger partial charge in [0.1, 0.15) is 5.78 Å². The van der Waals surface area contributed by atoms with Gasteiger partial charge in [-0.05, 0) is 31.6 Å². The molecular weight excluding hydrogens is 136 g/mol. The van der Waals surface area contributed by atoms with Gasteiger partial charge in [0.05, 0.1) is 0 Å². The summed E-state index contributed by atoms with van der Waals surface area (Å²) in [7, 11) is 0. The predicted octanol–water partition coefficient (Wildman–Crippen LogP) is 2.79. The van der Waals surface area contributed by atoms with Gasteiger partial charge in [0.15, 0.2) is 0 Å². The first kappa shape index (κ1) is 8.76. The van der Waals surface area contributed by atoms with E-state index in [-0.39, 0.29) is 5.92 Å². The van der Waals surface area contributed by atoms with Crippen LogP contribution in [0.25, 0.3) is 0 Å². The number of carbonyl (C=O) groups is 1.